The number of pyridine rings is 1. The first-order valence-corrected chi connectivity index (χ1v) is 13.8. The molecular weight excluding hydrogens is 492 g/mol. The highest BCUT2D eigenvalue weighted by Crippen LogP contribution is 2.26. The van der Waals surface area contributed by atoms with Gasteiger partial charge in [0.05, 0.1) is 11.8 Å². The molecule has 0 aliphatic heterocycles. The van der Waals surface area contributed by atoms with E-state index in [9.17, 15) is 14.4 Å². The molecule has 1 N–H and O–H groups in total. The maximum atomic E-state index is 13.5. The minimum atomic E-state index is -0.639. The highest BCUT2D eigenvalue weighted by molar-refractivity contribution is 5.90. The van der Waals surface area contributed by atoms with Crippen LogP contribution in [0, 0.1) is 5.92 Å². The lowest BCUT2D eigenvalue weighted by molar-refractivity contribution is -0.151. The van der Waals surface area contributed by atoms with Gasteiger partial charge in [-0.3, -0.25) is 14.6 Å². The highest BCUT2D eigenvalue weighted by Gasteiger charge is 2.25. The van der Waals surface area contributed by atoms with Gasteiger partial charge in [0.25, 0.3) is 0 Å². The van der Waals surface area contributed by atoms with E-state index in [-0.39, 0.29) is 37.2 Å². The molecule has 1 unspecified atom stereocenters. The quantitative estimate of drug-likeness (QED) is 0.327. The van der Waals surface area contributed by atoms with Crippen molar-refractivity contribution in [2.45, 2.75) is 77.4 Å². The second-order valence-corrected chi connectivity index (χ2v) is 11.3. The lowest BCUT2D eigenvalue weighted by atomic mass is 9.89. The molecule has 0 bridgehead atoms. The summed E-state index contributed by atoms with van der Waals surface area (Å²) in [6, 6.07) is 15.3. The first-order valence-electron chi connectivity index (χ1n) is 13.8. The van der Waals surface area contributed by atoms with Crippen molar-refractivity contribution >= 4 is 28.6 Å². The number of ether oxygens (including phenoxy) is 2. The first-order chi connectivity index (χ1) is 18.7. The fourth-order valence-electron chi connectivity index (χ4n) is 4.94. The SMILES string of the molecule is CC(C)(C)OC(=O)NCC(C(=O)Cc1ccc2cnccc2c1)c1ccc(COC(=O)C2CCCCC2)cc1. The van der Waals surface area contributed by atoms with Crippen LogP contribution >= 0.6 is 0 Å². The van der Waals surface area contributed by atoms with Gasteiger partial charge < -0.3 is 14.8 Å². The number of carbonyl (C=O) groups excluding carboxylic acids is 3. The van der Waals surface area contributed by atoms with Crippen LogP contribution in [-0.2, 0) is 32.1 Å². The summed E-state index contributed by atoms with van der Waals surface area (Å²) >= 11 is 0. The van der Waals surface area contributed by atoms with Gasteiger partial charge in [0, 0.05) is 30.7 Å². The van der Waals surface area contributed by atoms with Gasteiger partial charge in [-0.15, -0.1) is 0 Å². The third-order valence-corrected chi connectivity index (χ3v) is 7.02. The van der Waals surface area contributed by atoms with Crippen molar-refractivity contribution in [3.63, 3.8) is 0 Å². The topological polar surface area (TPSA) is 94.6 Å². The number of fused-ring (bicyclic) bond motifs is 1. The fourth-order valence-corrected chi connectivity index (χ4v) is 4.94. The van der Waals surface area contributed by atoms with Crippen LogP contribution in [0.15, 0.2) is 60.9 Å². The van der Waals surface area contributed by atoms with Crippen LogP contribution < -0.4 is 5.32 Å². The number of ketones is 1. The molecule has 1 saturated carbocycles. The molecule has 0 spiro atoms. The van der Waals surface area contributed by atoms with E-state index in [0.717, 1.165) is 53.1 Å². The number of nitrogens with zero attached hydrogens (tertiary/aromatic N) is 1. The van der Waals surface area contributed by atoms with Gasteiger partial charge >= 0.3 is 12.1 Å². The van der Waals surface area contributed by atoms with Crippen LogP contribution in [0.25, 0.3) is 10.8 Å². The Hall–Kier alpha value is -3.74. The maximum absolute atomic E-state index is 13.5. The molecule has 39 heavy (non-hydrogen) atoms. The Morgan fingerprint density at radius 2 is 1.67 bits per heavy atom. The standard InChI is InChI=1S/C32H38N2O5/c1-32(2,3)39-31(37)34-20-28(29(35)18-23-11-14-27-19-33-16-15-26(27)17-23)24-12-9-22(10-13-24)21-38-30(36)25-7-5-4-6-8-25/h9-17,19,25,28H,4-8,18,20-21H2,1-3H3,(H,34,37). The number of Topliss-reactive ketones (excluding diaryl/α,β-unsaturated/α-hetero) is 1. The fraction of sp³-hybridized carbons (Fsp3) is 0.438. The van der Waals surface area contributed by atoms with Crippen molar-refractivity contribution in [1.29, 1.82) is 0 Å². The van der Waals surface area contributed by atoms with Gasteiger partial charge in [-0.1, -0.05) is 61.7 Å². The second kappa shape index (κ2) is 12.9. The Bertz CT molecular complexity index is 1290. The Morgan fingerprint density at radius 3 is 2.38 bits per heavy atom. The molecule has 1 amide bonds. The summed E-state index contributed by atoms with van der Waals surface area (Å²) in [6.07, 6.45) is 8.34. The zero-order valence-corrected chi connectivity index (χ0v) is 23.1. The van der Waals surface area contributed by atoms with Crippen molar-refractivity contribution in [3.05, 3.63) is 77.6 Å². The molecule has 1 fully saturated rings. The van der Waals surface area contributed by atoms with Crippen molar-refractivity contribution < 1.29 is 23.9 Å². The largest absolute Gasteiger partial charge is 0.461 e. The van der Waals surface area contributed by atoms with Crippen LogP contribution in [0.3, 0.4) is 0 Å². The Kier molecular flexibility index (Phi) is 9.33. The minimum absolute atomic E-state index is 0.00493. The number of nitrogens with one attached hydrogen (secondary N) is 1. The molecular formula is C32H38N2O5. The van der Waals surface area contributed by atoms with Gasteiger partial charge in [-0.2, -0.15) is 0 Å². The van der Waals surface area contributed by atoms with Crippen molar-refractivity contribution in [3.8, 4) is 0 Å². The Balaban J connectivity index is 1.45. The molecule has 0 saturated heterocycles. The summed E-state index contributed by atoms with van der Waals surface area (Å²) in [5, 5.41) is 4.80. The van der Waals surface area contributed by atoms with Crippen molar-refractivity contribution in [1.82, 2.24) is 10.3 Å². The molecule has 1 aliphatic rings. The summed E-state index contributed by atoms with van der Waals surface area (Å²) in [6.45, 7) is 5.70. The Morgan fingerprint density at radius 1 is 0.949 bits per heavy atom. The lowest BCUT2D eigenvalue weighted by Crippen LogP contribution is -2.36. The van der Waals surface area contributed by atoms with Crippen LogP contribution in [0.5, 0.6) is 0 Å². The third kappa shape index (κ3) is 8.37. The smallest absolute Gasteiger partial charge is 0.407 e. The number of aromatic nitrogens is 1. The van der Waals surface area contributed by atoms with Gasteiger partial charge in [-0.25, -0.2) is 4.79 Å². The summed E-state index contributed by atoms with van der Waals surface area (Å²) in [7, 11) is 0. The van der Waals surface area contributed by atoms with E-state index in [4.69, 9.17) is 9.47 Å². The average molecular weight is 531 g/mol. The van der Waals surface area contributed by atoms with E-state index in [0.29, 0.717) is 0 Å². The van der Waals surface area contributed by atoms with Gasteiger partial charge in [0.15, 0.2) is 0 Å². The van der Waals surface area contributed by atoms with E-state index < -0.39 is 17.6 Å². The van der Waals surface area contributed by atoms with E-state index >= 15 is 0 Å². The Labute approximate surface area is 230 Å². The summed E-state index contributed by atoms with van der Waals surface area (Å²) in [5.74, 6) is -0.703. The molecule has 2 aromatic carbocycles. The van der Waals surface area contributed by atoms with E-state index in [1.54, 1.807) is 33.2 Å². The van der Waals surface area contributed by atoms with Gasteiger partial charge in [-0.05, 0) is 61.8 Å². The monoisotopic (exact) mass is 530 g/mol. The zero-order valence-electron chi connectivity index (χ0n) is 23.1. The van der Waals surface area contributed by atoms with Crippen LogP contribution in [0.2, 0.25) is 0 Å². The van der Waals surface area contributed by atoms with Crippen LogP contribution in [-0.4, -0.2) is 35.0 Å². The molecule has 1 heterocycles. The molecule has 3 aromatic rings. The minimum Gasteiger partial charge on any atom is -0.461 e. The normalized spacial score (nSPS) is 14.9. The number of amides is 1. The number of hydrogen-bond donors (Lipinski definition) is 1. The number of alkyl carbamates (subject to hydrolysis) is 1. The van der Waals surface area contributed by atoms with Crippen molar-refractivity contribution in [2.24, 2.45) is 5.92 Å². The predicted octanol–water partition coefficient (Wildman–Crippen LogP) is 6.28. The molecule has 4 rings (SSSR count). The zero-order chi connectivity index (χ0) is 27.8. The lowest BCUT2D eigenvalue weighted by Gasteiger charge is -2.22. The average Bonchev–Trinajstić information content (AvgIpc) is 2.92. The third-order valence-electron chi connectivity index (χ3n) is 7.02. The van der Waals surface area contributed by atoms with E-state index in [1.165, 1.54) is 6.42 Å². The van der Waals surface area contributed by atoms with E-state index in [1.807, 2.05) is 48.5 Å². The first kappa shape index (κ1) is 28.3. The second-order valence-electron chi connectivity index (χ2n) is 11.3. The molecule has 7 heteroatoms. The molecule has 0 radical (unpaired) electrons. The summed E-state index contributed by atoms with van der Waals surface area (Å²) < 4.78 is 10.9. The molecule has 206 valence electrons. The van der Waals surface area contributed by atoms with Gasteiger partial charge in [0.2, 0.25) is 0 Å². The predicted molar refractivity (Wildman–Crippen MR) is 150 cm³/mol. The molecule has 1 aliphatic carbocycles. The number of carbonyl (C=O) groups is 3. The summed E-state index contributed by atoms with van der Waals surface area (Å²) in [4.78, 5) is 42.5. The molecule has 1 atom stereocenters. The van der Waals surface area contributed by atoms with Gasteiger partial charge in [0.1, 0.15) is 18.0 Å². The number of rotatable bonds is 9. The van der Waals surface area contributed by atoms with Crippen molar-refractivity contribution in [2.75, 3.05) is 6.54 Å². The number of benzene rings is 2. The maximum Gasteiger partial charge on any atom is 0.407 e. The van der Waals surface area contributed by atoms with E-state index in [2.05, 4.69) is 10.3 Å². The molecule has 1 aromatic heterocycles. The summed E-state index contributed by atoms with van der Waals surface area (Å²) in [5.41, 5.74) is 1.90. The number of esters is 1. The van der Waals surface area contributed by atoms with Crippen LogP contribution in [0.1, 0.15) is 75.5 Å². The highest BCUT2D eigenvalue weighted by atomic mass is 16.6. The molecule has 7 nitrogen and oxygen atoms in total. The number of hydrogen-bond acceptors (Lipinski definition) is 6. The van der Waals surface area contributed by atoms with Crippen LogP contribution in [0.4, 0.5) is 4.79 Å².